The first-order valence-corrected chi connectivity index (χ1v) is 8.83. The topological polar surface area (TPSA) is 46.9 Å². The van der Waals surface area contributed by atoms with E-state index in [2.05, 4.69) is 43.4 Å². The highest BCUT2D eigenvalue weighted by atomic mass is 79.9. The zero-order valence-corrected chi connectivity index (χ0v) is 17.1. The van der Waals surface area contributed by atoms with E-state index >= 15 is 0 Å². The molecule has 1 aromatic heterocycles. The van der Waals surface area contributed by atoms with E-state index in [0.29, 0.717) is 10.8 Å². The quantitative estimate of drug-likeness (QED) is 0.417. The van der Waals surface area contributed by atoms with Gasteiger partial charge in [0.15, 0.2) is 5.69 Å². The van der Waals surface area contributed by atoms with Crippen LogP contribution in [0.25, 0.3) is 6.20 Å². The van der Waals surface area contributed by atoms with Gasteiger partial charge >= 0.3 is 18.5 Å². The first kappa shape index (κ1) is 24.2. The first-order chi connectivity index (χ1) is 13.5. The minimum absolute atomic E-state index is 0.0891. The molecule has 2 rings (SSSR count). The number of nitrogens with one attached hydrogen (secondary N) is 1. The van der Waals surface area contributed by atoms with Gasteiger partial charge in [-0.1, -0.05) is 6.58 Å². The molecule has 0 saturated heterocycles. The second-order valence-corrected chi connectivity index (χ2v) is 7.03. The molecule has 1 aromatic carbocycles. The van der Waals surface area contributed by atoms with Crippen LogP contribution in [0.5, 0.6) is 0 Å². The number of halogens is 11. The lowest BCUT2D eigenvalue weighted by atomic mass is 10.1. The Bertz CT molecular complexity index is 1060. The van der Waals surface area contributed by atoms with Crippen molar-refractivity contribution in [1.82, 2.24) is 9.55 Å². The smallest absolute Gasteiger partial charge is 0.324 e. The molecule has 0 radical (unpaired) electrons. The van der Waals surface area contributed by atoms with E-state index < -0.39 is 61.5 Å². The molecule has 0 saturated carbocycles. The molecule has 0 bridgehead atoms. The van der Waals surface area contributed by atoms with Crippen molar-refractivity contribution < 1.29 is 39.5 Å². The molecule has 0 aliphatic heterocycles. The number of hydrogen-bond donors (Lipinski definition) is 1. The third kappa shape index (κ3) is 4.82. The van der Waals surface area contributed by atoms with Gasteiger partial charge in [0.1, 0.15) is 0 Å². The van der Waals surface area contributed by atoms with Crippen molar-refractivity contribution in [3.63, 3.8) is 0 Å². The zero-order valence-electron chi connectivity index (χ0n) is 13.9. The van der Waals surface area contributed by atoms with Crippen molar-refractivity contribution in [2.75, 3.05) is 5.32 Å². The molecular weight excluding hydrogens is 569 g/mol. The van der Waals surface area contributed by atoms with Crippen LogP contribution in [0.2, 0.25) is 0 Å². The molecule has 0 unspecified atom stereocenters. The Kier molecular flexibility index (Phi) is 6.39. The zero-order chi connectivity index (χ0) is 23.2. The average Bonchev–Trinajstić information content (AvgIpc) is 2.53. The molecular formula is C15H6Br2F9N3O. The third-order valence-corrected chi connectivity index (χ3v) is 5.11. The van der Waals surface area contributed by atoms with E-state index in [4.69, 9.17) is 0 Å². The van der Waals surface area contributed by atoms with E-state index in [1.807, 2.05) is 5.32 Å². The fraction of sp³-hybridized carbons (Fsp3) is 0.200. The summed E-state index contributed by atoms with van der Waals surface area (Å²) in [6.07, 6.45) is -15.0. The van der Waals surface area contributed by atoms with Crippen LogP contribution in [-0.4, -0.2) is 9.55 Å². The maximum Gasteiger partial charge on any atom is 0.433 e. The van der Waals surface area contributed by atoms with Gasteiger partial charge < -0.3 is 5.32 Å². The van der Waals surface area contributed by atoms with Gasteiger partial charge in [0.05, 0.1) is 21.3 Å². The monoisotopic (exact) mass is 573 g/mol. The van der Waals surface area contributed by atoms with Gasteiger partial charge in [0.25, 0.3) is 5.56 Å². The number of rotatable bonds is 3. The number of hydrogen-bond acceptors (Lipinski definition) is 3. The lowest BCUT2D eigenvalue weighted by molar-refractivity contribution is -0.144. The van der Waals surface area contributed by atoms with Gasteiger partial charge in [0, 0.05) is 16.7 Å². The Labute approximate surface area is 177 Å². The van der Waals surface area contributed by atoms with Crippen LogP contribution in [0.3, 0.4) is 0 Å². The summed E-state index contributed by atoms with van der Waals surface area (Å²) in [6.45, 7) is 3.16. The third-order valence-electron chi connectivity index (χ3n) is 3.46. The summed E-state index contributed by atoms with van der Waals surface area (Å²) in [5, 5.41) is 1.91. The van der Waals surface area contributed by atoms with Crippen LogP contribution in [0, 0.1) is 0 Å². The summed E-state index contributed by atoms with van der Waals surface area (Å²) < 4.78 is 117. The Morgan fingerprint density at radius 2 is 1.50 bits per heavy atom. The lowest BCUT2D eigenvalue weighted by Crippen LogP contribution is -2.24. The van der Waals surface area contributed by atoms with Crippen molar-refractivity contribution in [2.24, 2.45) is 0 Å². The van der Waals surface area contributed by atoms with E-state index in [-0.39, 0.29) is 12.1 Å². The van der Waals surface area contributed by atoms with E-state index in [1.54, 1.807) is 0 Å². The summed E-state index contributed by atoms with van der Waals surface area (Å²) >= 11 is 4.77. The molecule has 164 valence electrons. The van der Waals surface area contributed by atoms with E-state index in [9.17, 15) is 44.3 Å². The molecule has 2 aromatic rings. The molecule has 30 heavy (non-hydrogen) atoms. The molecule has 0 aliphatic carbocycles. The number of aromatic nitrogens is 2. The van der Waals surface area contributed by atoms with E-state index in [0.717, 1.165) is 0 Å². The molecule has 0 fully saturated rings. The molecule has 0 atom stereocenters. The van der Waals surface area contributed by atoms with Gasteiger partial charge in [-0.05, 0) is 37.9 Å². The van der Waals surface area contributed by atoms with Gasteiger partial charge in [-0.15, -0.1) is 0 Å². The number of alkyl halides is 9. The summed E-state index contributed by atoms with van der Waals surface area (Å²) in [5.74, 6) is -1.01. The maximum atomic E-state index is 13.3. The highest BCUT2D eigenvalue weighted by Gasteiger charge is 2.43. The Morgan fingerprint density at radius 3 is 1.93 bits per heavy atom. The predicted molar refractivity (Wildman–Crippen MR) is 95.0 cm³/mol. The summed E-state index contributed by atoms with van der Waals surface area (Å²) in [7, 11) is 0. The molecule has 0 aliphatic rings. The van der Waals surface area contributed by atoms with Crippen molar-refractivity contribution >= 4 is 49.7 Å². The van der Waals surface area contributed by atoms with Crippen LogP contribution in [-0.2, 0) is 18.5 Å². The van der Waals surface area contributed by atoms with Crippen LogP contribution >= 0.6 is 31.9 Å². The van der Waals surface area contributed by atoms with Crippen LogP contribution < -0.4 is 10.9 Å². The van der Waals surface area contributed by atoms with Gasteiger partial charge in [0.2, 0.25) is 5.95 Å². The largest absolute Gasteiger partial charge is 0.433 e. The second-order valence-electron chi connectivity index (χ2n) is 5.45. The standard InChI is InChI=1S/C15H6Br2F9N3O/c1-2-29-8(30)4-7(14(21,22)23)28-12(29)27-6-3-5(13(18,19)20)10(16)9(11(6)17)15(24,25)26/h2-4H,1H2,(H,27,28). The van der Waals surface area contributed by atoms with Crippen LogP contribution in [0.15, 0.2) is 32.5 Å². The summed E-state index contributed by atoms with van der Waals surface area (Å²) in [6, 6.07) is 0.301. The predicted octanol–water partition coefficient (Wildman–Crippen LogP) is 6.67. The highest BCUT2D eigenvalue weighted by molar-refractivity contribution is 9.11. The fourth-order valence-corrected chi connectivity index (χ4v) is 3.87. The molecule has 1 N–H and O–H groups in total. The fourth-order valence-electron chi connectivity index (χ4n) is 2.20. The normalized spacial score (nSPS) is 12.8. The first-order valence-electron chi connectivity index (χ1n) is 7.25. The second kappa shape index (κ2) is 7.90. The average molecular weight is 575 g/mol. The summed E-state index contributed by atoms with van der Waals surface area (Å²) in [5.41, 5.74) is -7.53. The summed E-state index contributed by atoms with van der Waals surface area (Å²) in [4.78, 5) is 14.9. The molecule has 4 nitrogen and oxygen atoms in total. The Morgan fingerprint density at radius 1 is 0.933 bits per heavy atom. The SMILES string of the molecule is C=Cn1c(Nc2cc(C(F)(F)F)c(Br)c(C(F)(F)F)c2Br)nc(C(F)(F)F)cc1=O. The maximum absolute atomic E-state index is 13.3. The highest BCUT2D eigenvalue weighted by Crippen LogP contribution is 2.49. The van der Waals surface area contributed by atoms with Crippen LogP contribution in [0.1, 0.15) is 16.8 Å². The number of anilines is 2. The van der Waals surface area contributed by atoms with Gasteiger partial charge in [-0.2, -0.15) is 39.5 Å². The van der Waals surface area contributed by atoms with Crippen LogP contribution in [0.4, 0.5) is 51.1 Å². The van der Waals surface area contributed by atoms with Crippen molar-refractivity contribution in [2.45, 2.75) is 18.5 Å². The minimum atomic E-state index is -5.28. The lowest BCUT2D eigenvalue weighted by Gasteiger charge is -2.21. The van der Waals surface area contributed by atoms with Crippen molar-refractivity contribution in [3.8, 4) is 0 Å². The number of nitrogens with zero attached hydrogens (tertiary/aromatic N) is 2. The van der Waals surface area contributed by atoms with Gasteiger partial charge in [-0.25, -0.2) is 4.98 Å². The van der Waals surface area contributed by atoms with Gasteiger partial charge in [-0.3, -0.25) is 9.36 Å². The number of benzene rings is 1. The molecule has 1 heterocycles. The molecule has 0 spiro atoms. The minimum Gasteiger partial charge on any atom is -0.324 e. The Hall–Kier alpha value is -2.03. The molecule has 15 heteroatoms. The molecule has 0 amide bonds. The van der Waals surface area contributed by atoms with Crippen molar-refractivity contribution in [1.29, 1.82) is 0 Å². The van der Waals surface area contributed by atoms with E-state index in [1.165, 1.54) is 0 Å². The van der Waals surface area contributed by atoms with Crippen molar-refractivity contribution in [3.05, 3.63) is 54.8 Å². The Balaban J connectivity index is 2.83.